The third-order valence-electron chi connectivity index (χ3n) is 4.70. The minimum Gasteiger partial charge on any atom is -0.467 e. The van der Waals surface area contributed by atoms with Crippen LogP contribution >= 0.6 is 0 Å². The van der Waals surface area contributed by atoms with Crippen molar-refractivity contribution in [2.24, 2.45) is 0 Å². The molecule has 0 atom stereocenters. The number of furan rings is 1. The van der Waals surface area contributed by atoms with Crippen molar-refractivity contribution in [1.82, 2.24) is 9.88 Å². The number of benzene rings is 1. The van der Waals surface area contributed by atoms with Crippen molar-refractivity contribution in [3.63, 3.8) is 0 Å². The smallest absolute Gasteiger partial charge is 0.292 e. The first-order valence-electron chi connectivity index (χ1n) is 8.50. The topological polar surface area (TPSA) is 64.2 Å². The predicted molar refractivity (Wildman–Crippen MR) is 99.6 cm³/mol. The van der Waals surface area contributed by atoms with E-state index < -0.39 is 11.7 Å². The molecule has 5 nitrogen and oxygen atoms in total. The Kier molecular flexibility index (Phi) is 4.80. The Morgan fingerprint density at radius 1 is 1.08 bits per heavy atom. The molecule has 0 saturated heterocycles. The van der Waals surface area contributed by atoms with E-state index >= 15 is 0 Å². The van der Waals surface area contributed by atoms with Crippen LogP contribution in [0.25, 0.3) is 5.69 Å². The lowest BCUT2D eigenvalue weighted by molar-refractivity contribution is -0.117. The summed E-state index contributed by atoms with van der Waals surface area (Å²) in [7, 11) is 0. The summed E-state index contributed by atoms with van der Waals surface area (Å²) >= 11 is 0. The number of aryl methyl sites for hydroxylation is 2. The number of nitrogens with one attached hydrogen (secondary N) is 1. The highest BCUT2D eigenvalue weighted by molar-refractivity contribution is 6.43. The molecule has 0 fully saturated rings. The highest BCUT2D eigenvalue weighted by Crippen LogP contribution is 2.25. The molecule has 2 aromatic heterocycles. The average Bonchev–Trinajstić information content (AvgIpc) is 3.23. The fourth-order valence-corrected chi connectivity index (χ4v) is 3.12. The number of hydrogen-bond acceptors (Lipinski definition) is 3. The minimum absolute atomic E-state index is 0.188. The Morgan fingerprint density at radius 2 is 1.85 bits per heavy atom. The quantitative estimate of drug-likeness (QED) is 0.562. The molecule has 0 aliphatic heterocycles. The van der Waals surface area contributed by atoms with E-state index in [1.165, 1.54) is 11.8 Å². The summed E-state index contributed by atoms with van der Waals surface area (Å²) in [5.74, 6) is -0.573. The lowest BCUT2D eigenvalue weighted by Gasteiger charge is -2.14. The second-order valence-corrected chi connectivity index (χ2v) is 6.43. The normalized spacial score (nSPS) is 10.8. The Bertz CT molecular complexity index is 966. The molecule has 0 aliphatic carbocycles. The van der Waals surface area contributed by atoms with Crippen LogP contribution in [0.1, 0.15) is 38.6 Å². The second-order valence-electron chi connectivity index (χ2n) is 6.43. The van der Waals surface area contributed by atoms with Gasteiger partial charge in [0.1, 0.15) is 5.76 Å². The van der Waals surface area contributed by atoms with E-state index in [4.69, 9.17) is 4.42 Å². The van der Waals surface area contributed by atoms with Crippen molar-refractivity contribution < 1.29 is 14.0 Å². The number of aromatic nitrogens is 1. The molecule has 26 heavy (non-hydrogen) atoms. The molecule has 0 bridgehead atoms. The maximum atomic E-state index is 12.6. The van der Waals surface area contributed by atoms with E-state index in [-0.39, 0.29) is 6.54 Å². The highest BCUT2D eigenvalue weighted by Gasteiger charge is 2.23. The van der Waals surface area contributed by atoms with Crippen molar-refractivity contribution in [3.05, 3.63) is 76.5 Å². The van der Waals surface area contributed by atoms with Gasteiger partial charge in [-0.1, -0.05) is 12.1 Å². The number of nitrogens with zero attached hydrogens (tertiary/aromatic N) is 1. The molecule has 1 N–H and O–H groups in total. The van der Waals surface area contributed by atoms with Gasteiger partial charge in [0.05, 0.1) is 12.8 Å². The molecule has 0 radical (unpaired) electrons. The Hall–Kier alpha value is -3.08. The molecule has 0 spiro atoms. The van der Waals surface area contributed by atoms with E-state index in [1.807, 2.05) is 30.5 Å². The molecule has 1 amide bonds. The summed E-state index contributed by atoms with van der Waals surface area (Å²) in [6, 6.07) is 11.3. The number of rotatable bonds is 5. The standard InChI is InChI=1S/C21H22N2O3/c1-13-7-5-9-19(15(13)3)23-14(2)11-18(16(23)4)20(24)21(25)22-12-17-8-6-10-26-17/h5-11H,12H2,1-4H3,(H,22,25). The van der Waals surface area contributed by atoms with Crippen LogP contribution in [-0.4, -0.2) is 16.3 Å². The largest absolute Gasteiger partial charge is 0.467 e. The Morgan fingerprint density at radius 3 is 2.54 bits per heavy atom. The fourth-order valence-electron chi connectivity index (χ4n) is 3.12. The first-order valence-corrected chi connectivity index (χ1v) is 8.50. The maximum Gasteiger partial charge on any atom is 0.292 e. The number of amides is 1. The summed E-state index contributed by atoms with van der Waals surface area (Å²) in [6.07, 6.45) is 1.53. The fraction of sp³-hybridized carbons (Fsp3) is 0.238. The van der Waals surface area contributed by atoms with Gasteiger partial charge in [-0.15, -0.1) is 0 Å². The molecule has 2 heterocycles. The van der Waals surface area contributed by atoms with Gasteiger partial charge in [0, 0.05) is 22.6 Å². The van der Waals surface area contributed by atoms with Crippen LogP contribution in [0.5, 0.6) is 0 Å². The third kappa shape index (κ3) is 3.20. The number of carbonyl (C=O) groups excluding carboxylic acids is 2. The van der Waals surface area contributed by atoms with Crippen molar-refractivity contribution in [2.45, 2.75) is 34.2 Å². The zero-order valence-corrected chi connectivity index (χ0v) is 15.4. The van der Waals surface area contributed by atoms with Crippen LogP contribution in [0.4, 0.5) is 0 Å². The lowest BCUT2D eigenvalue weighted by atomic mass is 10.1. The van der Waals surface area contributed by atoms with E-state index in [1.54, 1.807) is 18.2 Å². The van der Waals surface area contributed by atoms with Gasteiger partial charge in [-0.2, -0.15) is 0 Å². The summed E-state index contributed by atoms with van der Waals surface area (Å²) in [4.78, 5) is 24.9. The van der Waals surface area contributed by atoms with Crippen molar-refractivity contribution in [3.8, 4) is 5.69 Å². The van der Waals surface area contributed by atoms with Gasteiger partial charge in [0.2, 0.25) is 0 Å². The molecule has 0 saturated carbocycles. The van der Waals surface area contributed by atoms with Crippen LogP contribution in [0.15, 0.2) is 47.1 Å². The second kappa shape index (κ2) is 7.04. The van der Waals surface area contributed by atoms with Crippen LogP contribution in [0.2, 0.25) is 0 Å². The van der Waals surface area contributed by atoms with Gasteiger partial charge in [-0.3, -0.25) is 9.59 Å². The zero-order chi connectivity index (χ0) is 18.8. The number of Topliss-reactive ketones (excluding diaryl/α,β-unsaturated/α-hetero) is 1. The van der Waals surface area contributed by atoms with E-state index in [2.05, 4.69) is 25.2 Å². The summed E-state index contributed by atoms with van der Waals surface area (Å²) in [5.41, 5.74) is 5.44. The van der Waals surface area contributed by atoms with Crippen LogP contribution in [0, 0.1) is 27.7 Å². The van der Waals surface area contributed by atoms with Crippen LogP contribution in [-0.2, 0) is 11.3 Å². The van der Waals surface area contributed by atoms with Gasteiger partial charge in [-0.05, 0) is 63.1 Å². The molecule has 1 aromatic carbocycles. The number of hydrogen-bond donors (Lipinski definition) is 1. The first-order chi connectivity index (χ1) is 12.4. The molecule has 0 aliphatic rings. The van der Waals surface area contributed by atoms with E-state index in [0.717, 1.165) is 22.6 Å². The maximum absolute atomic E-state index is 12.6. The Balaban J connectivity index is 1.88. The van der Waals surface area contributed by atoms with Gasteiger partial charge in [0.25, 0.3) is 11.7 Å². The molecular weight excluding hydrogens is 328 g/mol. The SMILES string of the molecule is Cc1cccc(-n2c(C)cc(C(=O)C(=O)NCc3ccco3)c2C)c1C. The minimum atomic E-state index is -0.636. The number of ketones is 1. The first kappa shape index (κ1) is 17.7. The summed E-state index contributed by atoms with van der Waals surface area (Å²) < 4.78 is 7.19. The third-order valence-corrected chi connectivity index (χ3v) is 4.70. The van der Waals surface area contributed by atoms with Gasteiger partial charge in [-0.25, -0.2) is 0 Å². The van der Waals surface area contributed by atoms with Gasteiger partial charge in [0.15, 0.2) is 0 Å². The van der Waals surface area contributed by atoms with Crippen molar-refractivity contribution in [2.75, 3.05) is 0 Å². The van der Waals surface area contributed by atoms with E-state index in [0.29, 0.717) is 11.3 Å². The molecule has 3 aromatic rings. The number of carbonyl (C=O) groups is 2. The van der Waals surface area contributed by atoms with Crippen molar-refractivity contribution in [1.29, 1.82) is 0 Å². The van der Waals surface area contributed by atoms with E-state index in [9.17, 15) is 9.59 Å². The molecule has 5 heteroatoms. The average molecular weight is 350 g/mol. The van der Waals surface area contributed by atoms with Crippen molar-refractivity contribution >= 4 is 11.7 Å². The van der Waals surface area contributed by atoms with Gasteiger partial charge >= 0.3 is 0 Å². The molecule has 134 valence electrons. The zero-order valence-electron chi connectivity index (χ0n) is 15.4. The summed E-state index contributed by atoms with van der Waals surface area (Å²) in [5, 5.41) is 2.61. The molecular formula is C21H22N2O3. The highest BCUT2D eigenvalue weighted by atomic mass is 16.3. The molecule has 3 rings (SSSR count). The lowest BCUT2D eigenvalue weighted by Crippen LogP contribution is -2.30. The van der Waals surface area contributed by atoms with Crippen LogP contribution in [0.3, 0.4) is 0 Å². The Labute approximate surface area is 152 Å². The monoisotopic (exact) mass is 350 g/mol. The summed E-state index contributed by atoms with van der Waals surface area (Å²) in [6.45, 7) is 8.10. The molecule has 0 unspecified atom stereocenters. The van der Waals surface area contributed by atoms with Crippen LogP contribution < -0.4 is 5.32 Å². The predicted octanol–water partition coefficient (Wildman–Crippen LogP) is 3.80. The van der Waals surface area contributed by atoms with Gasteiger partial charge < -0.3 is 14.3 Å².